The van der Waals surface area contributed by atoms with E-state index in [4.69, 9.17) is 0 Å². The lowest BCUT2D eigenvalue weighted by Gasteiger charge is -2.35. The van der Waals surface area contributed by atoms with Crippen molar-refractivity contribution < 1.29 is 4.39 Å². The minimum atomic E-state index is -0.377. The molecule has 0 bridgehead atoms. The summed E-state index contributed by atoms with van der Waals surface area (Å²) in [5.74, 6) is 0.981. The van der Waals surface area contributed by atoms with E-state index in [1.807, 2.05) is 19.1 Å². The van der Waals surface area contributed by atoms with Gasteiger partial charge in [-0.15, -0.1) is 5.10 Å². The van der Waals surface area contributed by atoms with Crippen molar-refractivity contribution >= 4 is 10.9 Å². The molecule has 4 aromatic rings. The lowest BCUT2D eigenvalue weighted by Crippen LogP contribution is -2.40. The molecule has 7 nitrogen and oxygen atoms in total. The number of pyridine rings is 1. The molecular weight excluding hydrogens is 431 g/mol. The van der Waals surface area contributed by atoms with Gasteiger partial charge in [0.25, 0.3) is 5.56 Å². The fraction of sp³-hybridized carbons (Fsp3) is 0.385. The second kappa shape index (κ2) is 9.10. The summed E-state index contributed by atoms with van der Waals surface area (Å²) in [6, 6.07) is 12.1. The SMILES string of the molecule is Cc1cc2cc([C@@H](c3nnnn3Cc3ccc(F)cc3)N3CCC(C)CC3)c(=O)[nH]c2cc1C. The number of hydrogen-bond donors (Lipinski definition) is 1. The molecule has 0 unspecified atom stereocenters. The second-order valence-electron chi connectivity index (χ2n) is 9.52. The molecule has 0 radical (unpaired) electrons. The fourth-order valence-electron chi connectivity index (χ4n) is 4.77. The Bertz CT molecular complexity index is 1370. The minimum Gasteiger partial charge on any atom is -0.322 e. The fourth-order valence-corrected chi connectivity index (χ4v) is 4.77. The molecule has 5 rings (SSSR count). The van der Waals surface area contributed by atoms with Crippen molar-refractivity contribution in [3.8, 4) is 0 Å². The summed E-state index contributed by atoms with van der Waals surface area (Å²) in [6.45, 7) is 8.50. The van der Waals surface area contributed by atoms with Gasteiger partial charge >= 0.3 is 0 Å². The van der Waals surface area contributed by atoms with Crippen LogP contribution in [0.2, 0.25) is 0 Å². The van der Waals surface area contributed by atoms with Crippen LogP contribution in [0.5, 0.6) is 0 Å². The average Bonchev–Trinajstić information content (AvgIpc) is 3.26. The third-order valence-corrected chi connectivity index (χ3v) is 7.01. The molecule has 1 saturated heterocycles. The molecule has 0 aliphatic carbocycles. The van der Waals surface area contributed by atoms with Crippen molar-refractivity contribution in [3.63, 3.8) is 0 Å². The Morgan fingerprint density at radius 1 is 1.09 bits per heavy atom. The molecule has 176 valence electrons. The van der Waals surface area contributed by atoms with Crippen LogP contribution < -0.4 is 5.56 Å². The number of halogens is 1. The Hall–Kier alpha value is -3.39. The highest BCUT2D eigenvalue weighted by atomic mass is 19.1. The molecule has 2 aromatic carbocycles. The van der Waals surface area contributed by atoms with Crippen LogP contribution in [-0.2, 0) is 6.54 Å². The Balaban J connectivity index is 1.61. The topological polar surface area (TPSA) is 79.7 Å². The number of H-pyrrole nitrogens is 1. The van der Waals surface area contributed by atoms with Gasteiger partial charge in [0.2, 0.25) is 0 Å². The molecule has 1 fully saturated rings. The number of aromatic amines is 1. The van der Waals surface area contributed by atoms with E-state index in [0.717, 1.165) is 48.0 Å². The summed E-state index contributed by atoms with van der Waals surface area (Å²) >= 11 is 0. The van der Waals surface area contributed by atoms with E-state index in [-0.39, 0.29) is 17.4 Å². The molecule has 8 heteroatoms. The third-order valence-electron chi connectivity index (χ3n) is 7.01. The summed E-state index contributed by atoms with van der Waals surface area (Å²) in [7, 11) is 0. The summed E-state index contributed by atoms with van der Waals surface area (Å²) in [4.78, 5) is 18.8. The van der Waals surface area contributed by atoms with Gasteiger partial charge in [0.1, 0.15) is 11.9 Å². The molecule has 2 aromatic heterocycles. The summed E-state index contributed by atoms with van der Waals surface area (Å²) in [5.41, 5.74) is 4.54. The number of nitrogens with one attached hydrogen (secondary N) is 1. The molecule has 0 spiro atoms. The van der Waals surface area contributed by atoms with E-state index < -0.39 is 0 Å². The van der Waals surface area contributed by atoms with Crippen LogP contribution in [-0.4, -0.2) is 43.2 Å². The maximum absolute atomic E-state index is 13.4. The van der Waals surface area contributed by atoms with E-state index in [9.17, 15) is 9.18 Å². The van der Waals surface area contributed by atoms with Crippen LogP contribution in [0.15, 0.2) is 47.3 Å². The van der Waals surface area contributed by atoms with Crippen LogP contribution in [0, 0.1) is 25.6 Å². The van der Waals surface area contributed by atoms with Crippen LogP contribution in [0.1, 0.15) is 53.9 Å². The highest BCUT2D eigenvalue weighted by molar-refractivity contribution is 5.81. The van der Waals surface area contributed by atoms with Gasteiger partial charge < -0.3 is 4.98 Å². The number of piperidine rings is 1. The van der Waals surface area contributed by atoms with Crippen LogP contribution in [0.3, 0.4) is 0 Å². The molecule has 3 heterocycles. The normalized spacial score (nSPS) is 16.2. The maximum atomic E-state index is 13.4. The first kappa shape index (κ1) is 22.4. The average molecular weight is 461 g/mol. The number of tetrazole rings is 1. The second-order valence-corrected chi connectivity index (χ2v) is 9.52. The van der Waals surface area contributed by atoms with Crippen molar-refractivity contribution in [1.29, 1.82) is 0 Å². The molecule has 0 saturated carbocycles. The number of hydrogen-bond acceptors (Lipinski definition) is 5. The number of rotatable bonds is 5. The first-order chi connectivity index (χ1) is 16.4. The van der Waals surface area contributed by atoms with E-state index in [2.05, 4.69) is 45.3 Å². The number of fused-ring (bicyclic) bond motifs is 1. The first-order valence-electron chi connectivity index (χ1n) is 11.8. The van der Waals surface area contributed by atoms with Crippen LogP contribution in [0.25, 0.3) is 10.9 Å². The number of nitrogens with zero attached hydrogens (tertiary/aromatic N) is 5. The number of aryl methyl sites for hydroxylation is 2. The zero-order chi connectivity index (χ0) is 23.8. The van der Waals surface area contributed by atoms with Gasteiger partial charge in [0.15, 0.2) is 5.82 Å². The van der Waals surface area contributed by atoms with Crippen molar-refractivity contribution in [2.75, 3.05) is 13.1 Å². The Labute approximate surface area is 197 Å². The largest absolute Gasteiger partial charge is 0.322 e. The Morgan fingerprint density at radius 2 is 1.79 bits per heavy atom. The van der Waals surface area contributed by atoms with E-state index >= 15 is 0 Å². The number of benzene rings is 2. The Morgan fingerprint density at radius 3 is 2.53 bits per heavy atom. The number of aromatic nitrogens is 5. The molecule has 1 atom stereocenters. The summed E-state index contributed by atoms with van der Waals surface area (Å²) < 4.78 is 15.1. The monoisotopic (exact) mass is 460 g/mol. The molecule has 1 N–H and O–H groups in total. The standard InChI is InChI=1S/C26H29FN6O/c1-16-8-10-32(11-9-16)24(22-14-20-12-17(2)18(3)13-23(20)28-26(22)34)25-29-30-31-33(25)15-19-4-6-21(27)7-5-19/h4-7,12-14,16,24H,8-11,15H2,1-3H3,(H,28,34)/t24-/m0/s1. The van der Waals surface area contributed by atoms with Crippen LogP contribution >= 0.6 is 0 Å². The van der Waals surface area contributed by atoms with Crippen molar-refractivity contribution in [1.82, 2.24) is 30.1 Å². The van der Waals surface area contributed by atoms with E-state index in [1.54, 1.807) is 16.8 Å². The van der Waals surface area contributed by atoms with Crippen molar-refractivity contribution in [3.05, 3.63) is 86.7 Å². The zero-order valence-corrected chi connectivity index (χ0v) is 19.8. The van der Waals surface area contributed by atoms with Gasteiger partial charge in [-0.1, -0.05) is 19.1 Å². The third kappa shape index (κ3) is 4.37. The van der Waals surface area contributed by atoms with Gasteiger partial charge in [-0.3, -0.25) is 9.69 Å². The van der Waals surface area contributed by atoms with Gasteiger partial charge in [-0.2, -0.15) is 0 Å². The molecule has 1 aliphatic heterocycles. The minimum absolute atomic E-state index is 0.129. The highest BCUT2D eigenvalue weighted by Gasteiger charge is 2.32. The smallest absolute Gasteiger partial charge is 0.253 e. The van der Waals surface area contributed by atoms with Crippen molar-refractivity contribution in [2.24, 2.45) is 5.92 Å². The van der Waals surface area contributed by atoms with Gasteiger partial charge in [0.05, 0.1) is 6.54 Å². The molecule has 34 heavy (non-hydrogen) atoms. The molecule has 1 aliphatic rings. The predicted octanol–water partition coefficient (Wildman–Crippen LogP) is 4.14. The molecule has 0 amide bonds. The first-order valence-corrected chi connectivity index (χ1v) is 11.8. The Kier molecular flexibility index (Phi) is 6.00. The maximum Gasteiger partial charge on any atom is 0.253 e. The van der Waals surface area contributed by atoms with Crippen molar-refractivity contribution in [2.45, 2.75) is 46.2 Å². The summed E-state index contributed by atoms with van der Waals surface area (Å²) in [6.07, 6.45) is 2.11. The van der Waals surface area contributed by atoms with Gasteiger partial charge in [-0.25, -0.2) is 9.07 Å². The van der Waals surface area contributed by atoms with Gasteiger partial charge in [0, 0.05) is 11.1 Å². The lowest BCUT2D eigenvalue weighted by atomic mass is 9.95. The quantitative estimate of drug-likeness (QED) is 0.484. The van der Waals surface area contributed by atoms with Gasteiger partial charge in [-0.05, 0) is 109 Å². The summed E-state index contributed by atoms with van der Waals surface area (Å²) in [5, 5.41) is 13.6. The van der Waals surface area contributed by atoms with E-state index in [0.29, 0.717) is 23.9 Å². The van der Waals surface area contributed by atoms with Crippen LogP contribution in [0.4, 0.5) is 4.39 Å². The number of likely N-dealkylation sites (tertiary alicyclic amines) is 1. The predicted molar refractivity (Wildman–Crippen MR) is 129 cm³/mol. The van der Waals surface area contributed by atoms with E-state index in [1.165, 1.54) is 17.7 Å². The highest BCUT2D eigenvalue weighted by Crippen LogP contribution is 2.31. The lowest BCUT2D eigenvalue weighted by molar-refractivity contribution is 0.149. The molecular formula is C26H29FN6O. The zero-order valence-electron chi connectivity index (χ0n) is 19.8.